The number of carbonyl (C=O) groups excluding carboxylic acids is 1. The van der Waals surface area contributed by atoms with E-state index >= 15 is 0 Å². The molecule has 1 N–H and O–H groups in total. The number of rotatable bonds is 6. The Balaban J connectivity index is 1.33. The summed E-state index contributed by atoms with van der Waals surface area (Å²) in [5.41, 5.74) is 3.80. The highest BCUT2D eigenvalue weighted by Crippen LogP contribution is 2.48. The van der Waals surface area contributed by atoms with E-state index in [-0.39, 0.29) is 17.2 Å². The van der Waals surface area contributed by atoms with Crippen molar-refractivity contribution in [1.82, 2.24) is 14.9 Å². The summed E-state index contributed by atoms with van der Waals surface area (Å²) in [6.45, 7) is 3.76. The van der Waals surface area contributed by atoms with Crippen LogP contribution in [0.5, 0.6) is 0 Å². The van der Waals surface area contributed by atoms with Crippen LogP contribution >= 0.6 is 0 Å². The van der Waals surface area contributed by atoms with Gasteiger partial charge in [-0.15, -0.1) is 0 Å². The number of hydrogen-bond donors (Lipinski definition) is 1. The van der Waals surface area contributed by atoms with Gasteiger partial charge in [0.05, 0.1) is 12.2 Å². The van der Waals surface area contributed by atoms with E-state index < -0.39 is 0 Å². The Bertz CT molecular complexity index is 742. The van der Waals surface area contributed by atoms with Gasteiger partial charge in [-0.25, -0.2) is 4.98 Å². The maximum atomic E-state index is 12.5. The average molecular weight is 307 g/mol. The van der Waals surface area contributed by atoms with Gasteiger partial charge in [0.15, 0.2) is 0 Å². The minimum Gasteiger partial charge on any atom is -0.355 e. The van der Waals surface area contributed by atoms with Gasteiger partial charge in [0, 0.05) is 30.9 Å². The van der Waals surface area contributed by atoms with E-state index in [1.807, 2.05) is 30.7 Å². The van der Waals surface area contributed by atoms with Gasteiger partial charge in [-0.2, -0.15) is 0 Å². The van der Waals surface area contributed by atoms with Crippen LogP contribution in [0.3, 0.4) is 0 Å². The first-order valence-corrected chi connectivity index (χ1v) is 8.18. The van der Waals surface area contributed by atoms with E-state index in [1.54, 1.807) is 6.20 Å². The molecule has 1 aromatic carbocycles. The summed E-state index contributed by atoms with van der Waals surface area (Å²) in [5, 5.41) is 3.18. The first kappa shape index (κ1) is 14.2. The number of amides is 1. The van der Waals surface area contributed by atoms with Crippen molar-refractivity contribution < 1.29 is 4.79 Å². The molecular formula is C19H21N3O. The normalized spacial score (nSPS) is 21.2. The molecule has 23 heavy (non-hydrogen) atoms. The Morgan fingerprint density at radius 1 is 1.35 bits per heavy atom. The summed E-state index contributed by atoms with van der Waals surface area (Å²) < 4.78 is 2.11. The molecule has 1 saturated carbocycles. The van der Waals surface area contributed by atoms with Crippen molar-refractivity contribution in [3.8, 4) is 0 Å². The van der Waals surface area contributed by atoms with Crippen LogP contribution < -0.4 is 5.32 Å². The van der Waals surface area contributed by atoms with Gasteiger partial charge in [0.2, 0.25) is 5.91 Å². The number of hydrogen-bond acceptors (Lipinski definition) is 2. The molecule has 118 valence electrons. The van der Waals surface area contributed by atoms with Crippen LogP contribution in [0.15, 0.2) is 54.6 Å². The topological polar surface area (TPSA) is 46.9 Å². The second kappa shape index (κ2) is 5.37. The molecule has 1 amide bonds. The summed E-state index contributed by atoms with van der Waals surface area (Å²) in [5.74, 6) is 0.125. The highest BCUT2D eigenvalue weighted by atomic mass is 16.2. The van der Waals surface area contributed by atoms with Crippen LogP contribution in [-0.4, -0.2) is 22.0 Å². The minimum atomic E-state index is -0.0264. The molecule has 2 aliphatic carbocycles. The number of benzene rings is 1. The Hall–Kier alpha value is -2.36. The molecule has 0 saturated heterocycles. The van der Waals surface area contributed by atoms with Crippen LogP contribution in [0.4, 0.5) is 0 Å². The third-order valence-corrected chi connectivity index (χ3v) is 5.08. The van der Waals surface area contributed by atoms with E-state index in [9.17, 15) is 4.79 Å². The fourth-order valence-electron chi connectivity index (χ4n) is 3.38. The molecule has 4 heteroatoms. The predicted molar refractivity (Wildman–Crippen MR) is 89.4 cm³/mol. The summed E-state index contributed by atoms with van der Waals surface area (Å²) in [6, 6.07) is 10.2. The number of imidazole rings is 1. The minimum absolute atomic E-state index is 0.0264. The van der Waals surface area contributed by atoms with Gasteiger partial charge < -0.3 is 9.88 Å². The maximum Gasteiger partial charge on any atom is 0.231 e. The number of carbonyl (C=O) groups is 1. The SMILES string of the molecule is CC1=C(c2ccccc2)C1C(=O)NCC1(Cn2ccnc2)CC1. The molecular weight excluding hydrogens is 286 g/mol. The molecule has 1 atom stereocenters. The molecule has 1 heterocycles. The third kappa shape index (κ3) is 2.81. The van der Waals surface area contributed by atoms with Gasteiger partial charge in [-0.05, 0) is 30.9 Å². The van der Waals surface area contributed by atoms with Crippen LogP contribution in [0.1, 0.15) is 25.3 Å². The molecule has 0 radical (unpaired) electrons. The fraction of sp³-hybridized carbons (Fsp3) is 0.368. The van der Waals surface area contributed by atoms with Crippen LogP contribution in [-0.2, 0) is 11.3 Å². The van der Waals surface area contributed by atoms with Crippen molar-refractivity contribution >= 4 is 11.5 Å². The molecule has 0 spiro atoms. The van der Waals surface area contributed by atoms with Crippen molar-refractivity contribution in [3.63, 3.8) is 0 Å². The molecule has 0 bridgehead atoms. The number of aromatic nitrogens is 2. The Morgan fingerprint density at radius 3 is 2.78 bits per heavy atom. The molecule has 4 nitrogen and oxygen atoms in total. The van der Waals surface area contributed by atoms with Gasteiger partial charge in [-0.3, -0.25) is 4.79 Å². The zero-order valence-corrected chi connectivity index (χ0v) is 13.3. The molecule has 1 aromatic heterocycles. The fourth-order valence-corrected chi connectivity index (χ4v) is 3.38. The zero-order chi connectivity index (χ0) is 15.9. The largest absolute Gasteiger partial charge is 0.355 e. The van der Waals surface area contributed by atoms with E-state index in [4.69, 9.17) is 0 Å². The Kier molecular flexibility index (Phi) is 3.33. The van der Waals surface area contributed by atoms with Crippen molar-refractivity contribution in [3.05, 3.63) is 60.2 Å². The van der Waals surface area contributed by atoms with Crippen molar-refractivity contribution in [1.29, 1.82) is 0 Å². The van der Waals surface area contributed by atoms with Crippen molar-refractivity contribution in [2.75, 3.05) is 6.54 Å². The van der Waals surface area contributed by atoms with E-state index in [2.05, 4.69) is 33.9 Å². The highest BCUT2D eigenvalue weighted by Gasteiger charge is 2.45. The molecule has 0 aliphatic heterocycles. The lowest BCUT2D eigenvalue weighted by molar-refractivity contribution is -0.121. The van der Waals surface area contributed by atoms with Crippen LogP contribution in [0.2, 0.25) is 0 Å². The van der Waals surface area contributed by atoms with Gasteiger partial charge in [0.25, 0.3) is 0 Å². The van der Waals surface area contributed by atoms with E-state index in [0.717, 1.165) is 13.1 Å². The van der Waals surface area contributed by atoms with Crippen molar-refractivity contribution in [2.45, 2.75) is 26.3 Å². The maximum absolute atomic E-state index is 12.5. The quantitative estimate of drug-likeness (QED) is 0.892. The lowest BCUT2D eigenvalue weighted by Gasteiger charge is -2.17. The first-order valence-electron chi connectivity index (χ1n) is 8.18. The van der Waals surface area contributed by atoms with Gasteiger partial charge in [0.1, 0.15) is 0 Å². The average Bonchev–Trinajstić information content (AvgIpc) is 3.41. The second-order valence-electron chi connectivity index (χ2n) is 6.85. The summed E-state index contributed by atoms with van der Waals surface area (Å²) in [4.78, 5) is 16.6. The lowest BCUT2D eigenvalue weighted by Crippen LogP contribution is -2.34. The molecule has 4 rings (SSSR count). The Morgan fingerprint density at radius 2 is 2.13 bits per heavy atom. The molecule has 2 aliphatic rings. The van der Waals surface area contributed by atoms with Crippen LogP contribution in [0, 0.1) is 11.3 Å². The van der Waals surface area contributed by atoms with Crippen molar-refractivity contribution in [2.24, 2.45) is 11.3 Å². The summed E-state index contributed by atoms with van der Waals surface area (Å²) >= 11 is 0. The standard InChI is InChI=1S/C19H21N3O/c1-14-16(15-5-3-2-4-6-15)17(14)18(23)21-11-19(7-8-19)12-22-10-9-20-13-22/h2-6,9-10,13,17H,7-8,11-12H2,1H3,(H,21,23). The number of nitrogens with one attached hydrogen (secondary N) is 1. The summed E-state index contributed by atoms with van der Waals surface area (Å²) in [7, 11) is 0. The third-order valence-electron chi connectivity index (χ3n) is 5.08. The predicted octanol–water partition coefficient (Wildman–Crippen LogP) is 2.88. The Labute approximate surface area is 136 Å². The smallest absolute Gasteiger partial charge is 0.231 e. The lowest BCUT2D eigenvalue weighted by atomic mass is 10.1. The van der Waals surface area contributed by atoms with Gasteiger partial charge in [-0.1, -0.05) is 35.9 Å². The number of nitrogens with zero attached hydrogens (tertiary/aromatic N) is 2. The molecule has 2 aromatic rings. The van der Waals surface area contributed by atoms with E-state index in [0.29, 0.717) is 0 Å². The molecule has 1 fully saturated rings. The van der Waals surface area contributed by atoms with Gasteiger partial charge >= 0.3 is 0 Å². The van der Waals surface area contributed by atoms with Crippen LogP contribution in [0.25, 0.3) is 5.57 Å². The zero-order valence-electron chi connectivity index (χ0n) is 13.3. The molecule has 1 unspecified atom stereocenters. The van der Waals surface area contributed by atoms with E-state index in [1.165, 1.54) is 29.6 Å². The first-order chi connectivity index (χ1) is 11.2. The summed E-state index contributed by atoms with van der Waals surface area (Å²) in [6.07, 6.45) is 7.99. The monoisotopic (exact) mass is 307 g/mol. The second-order valence-corrected chi connectivity index (χ2v) is 6.85. The highest BCUT2D eigenvalue weighted by molar-refractivity contribution is 6.05.